The van der Waals surface area contributed by atoms with Gasteiger partial charge < -0.3 is 9.80 Å². The monoisotopic (exact) mass is 365 g/mol. The average Bonchev–Trinajstić information content (AvgIpc) is 2.56. The molecule has 0 atom stereocenters. The third kappa shape index (κ3) is 3.33. The molecule has 0 unspecified atom stereocenters. The van der Waals surface area contributed by atoms with Crippen LogP contribution in [0.2, 0.25) is 0 Å². The number of hydrogen-bond acceptors (Lipinski definition) is 3. The van der Waals surface area contributed by atoms with Crippen LogP contribution in [0.5, 0.6) is 0 Å². The number of alkyl halides is 1. The summed E-state index contributed by atoms with van der Waals surface area (Å²) < 4.78 is 1.08. The number of hydrogen-bond donors (Lipinski definition) is 0. The predicted molar refractivity (Wildman–Crippen MR) is 92.4 cm³/mol. The Morgan fingerprint density at radius 3 is 2.48 bits per heavy atom. The first-order valence-electron chi connectivity index (χ1n) is 7.03. The molecule has 0 saturated carbocycles. The molecule has 3 nitrogen and oxygen atoms in total. The Labute approximate surface area is 138 Å². The molecule has 1 fully saturated rings. The Hall–Kier alpha value is -1.26. The highest BCUT2D eigenvalue weighted by molar-refractivity contribution is 9.10. The zero-order chi connectivity index (χ0) is 14.7. The molecule has 1 aliphatic heterocycles. The quantitative estimate of drug-likeness (QED) is 0.768. The number of piperazine rings is 1. The van der Waals surface area contributed by atoms with Gasteiger partial charge in [0.25, 0.3) is 0 Å². The Kier molecular flexibility index (Phi) is 4.66. The number of anilines is 2. The van der Waals surface area contributed by atoms with Crippen molar-refractivity contribution in [2.75, 3.05) is 36.0 Å². The number of nitrogens with zero attached hydrogens (tertiary/aromatic N) is 3. The minimum absolute atomic E-state index is 0.537. The van der Waals surface area contributed by atoms with E-state index in [1.807, 2.05) is 18.3 Å². The van der Waals surface area contributed by atoms with Crippen molar-refractivity contribution in [2.45, 2.75) is 5.88 Å². The van der Waals surface area contributed by atoms with E-state index in [9.17, 15) is 0 Å². The molecule has 1 aromatic heterocycles. The van der Waals surface area contributed by atoms with E-state index in [1.54, 1.807) is 0 Å². The van der Waals surface area contributed by atoms with E-state index >= 15 is 0 Å². The summed E-state index contributed by atoms with van der Waals surface area (Å²) in [7, 11) is 0. The minimum Gasteiger partial charge on any atom is -0.368 e. The average molecular weight is 367 g/mol. The molecular weight excluding hydrogens is 350 g/mol. The fourth-order valence-electron chi connectivity index (χ4n) is 2.69. The Morgan fingerprint density at radius 1 is 1.05 bits per heavy atom. The van der Waals surface area contributed by atoms with Gasteiger partial charge >= 0.3 is 0 Å². The number of pyridine rings is 1. The summed E-state index contributed by atoms with van der Waals surface area (Å²) in [5.41, 5.74) is 2.42. The van der Waals surface area contributed by atoms with Gasteiger partial charge in [0.1, 0.15) is 5.82 Å². The lowest BCUT2D eigenvalue weighted by Gasteiger charge is -2.37. The van der Waals surface area contributed by atoms with Crippen molar-refractivity contribution in [3.63, 3.8) is 0 Å². The van der Waals surface area contributed by atoms with E-state index in [0.717, 1.165) is 36.5 Å². The number of benzene rings is 1. The number of rotatable bonds is 3. The Morgan fingerprint density at radius 2 is 1.81 bits per heavy atom. The summed E-state index contributed by atoms with van der Waals surface area (Å²) >= 11 is 9.59. The van der Waals surface area contributed by atoms with Crippen molar-refractivity contribution in [3.8, 4) is 0 Å². The summed E-state index contributed by atoms with van der Waals surface area (Å²) in [5.74, 6) is 1.60. The lowest BCUT2D eigenvalue weighted by molar-refractivity contribution is 0.646. The smallest absolute Gasteiger partial charge is 0.128 e. The molecule has 0 aliphatic carbocycles. The first-order chi connectivity index (χ1) is 10.3. The molecule has 1 aliphatic rings. The predicted octanol–water partition coefficient (Wildman–Crippen LogP) is 3.91. The Balaban J connectivity index is 1.71. The normalized spacial score (nSPS) is 15.3. The number of halogens is 2. The minimum atomic E-state index is 0.537. The molecule has 3 rings (SSSR count). The van der Waals surface area contributed by atoms with E-state index in [4.69, 9.17) is 11.6 Å². The van der Waals surface area contributed by atoms with Crippen molar-refractivity contribution >= 4 is 39.0 Å². The van der Waals surface area contributed by atoms with Gasteiger partial charge in [-0.2, -0.15) is 0 Å². The van der Waals surface area contributed by atoms with Crippen LogP contribution in [0.15, 0.2) is 47.1 Å². The van der Waals surface area contributed by atoms with Gasteiger partial charge in [-0.15, -0.1) is 11.6 Å². The van der Waals surface area contributed by atoms with Crippen LogP contribution in [0, 0.1) is 0 Å². The van der Waals surface area contributed by atoms with Crippen LogP contribution in [0.25, 0.3) is 0 Å². The van der Waals surface area contributed by atoms with Crippen LogP contribution in [0.3, 0.4) is 0 Å². The molecule has 0 N–H and O–H groups in total. The maximum atomic E-state index is 6.08. The first-order valence-corrected chi connectivity index (χ1v) is 8.36. The highest BCUT2D eigenvalue weighted by atomic mass is 79.9. The summed E-state index contributed by atoms with van der Waals surface area (Å²) in [4.78, 5) is 9.16. The van der Waals surface area contributed by atoms with Crippen LogP contribution in [0.4, 0.5) is 11.5 Å². The van der Waals surface area contributed by atoms with Crippen molar-refractivity contribution < 1.29 is 0 Å². The third-order valence-electron chi connectivity index (χ3n) is 3.78. The van der Waals surface area contributed by atoms with E-state index in [2.05, 4.69) is 55.0 Å². The fourth-order valence-corrected chi connectivity index (χ4v) is 3.31. The van der Waals surface area contributed by atoms with Gasteiger partial charge in [-0.1, -0.05) is 22.0 Å². The second-order valence-electron chi connectivity index (χ2n) is 5.07. The molecule has 0 radical (unpaired) electrons. The fraction of sp³-hybridized carbons (Fsp3) is 0.312. The van der Waals surface area contributed by atoms with Gasteiger partial charge in [-0.3, -0.25) is 0 Å². The lowest BCUT2D eigenvalue weighted by atomic mass is 10.1. The van der Waals surface area contributed by atoms with E-state index in [-0.39, 0.29) is 0 Å². The molecule has 110 valence electrons. The van der Waals surface area contributed by atoms with Crippen LogP contribution in [-0.4, -0.2) is 31.2 Å². The summed E-state index contributed by atoms with van der Waals surface area (Å²) in [6.45, 7) is 3.94. The molecule has 21 heavy (non-hydrogen) atoms. The van der Waals surface area contributed by atoms with Crippen molar-refractivity contribution in [1.82, 2.24) is 4.98 Å². The zero-order valence-corrected chi connectivity index (χ0v) is 14.0. The highest BCUT2D eigenvalue weighted by Crippen LogP contribution is 2.27. The van der Waals surface area contributed by atoms with Gasteiger partial charge in [0.15, 0.2) is 0 Å². The molecule has 2 aromatic rings. The number of aromatic nitrogens is 1. The molecule has 1 aromatic carbocycles. The van der Waals surface area contributed by atoms with Gasteiger partial charge in [-0.25, -0.2) is 4.98 Å². The SMILES string of the molecule is ClCc1cc(Br)ccc1N1CCN(c2ccccn2)CC1. The summed E-state index contributed by atoms with van der Waals surface area (Å²) in [6.07, 6.45) is 1.85. The van der Waals surface area contributed by atoms with Crippen LogP contribution >= 0.6 is 27.5 Å². The lowest BCUT2D eigenvalue weighted by Crippen LogP contribution is -2.47. The van der Waals surface area contributed by atoms with E-state index in [1.165, 1.54) is 11.3 Å². The van der Waals surface area contributed by atoms with Gasteiger partial charge in [0, 0.05) is 48.4 Å². The first kappa shape index (κ1) is 14.7. The van der Waals surface area contributed by atoms with Crippen molar-refractivity contribution in [3.05, 3.63) is 52.6 Å². The second-order valence-corrected chi connectivity index (χ2v) is 6.25. The molecule has 0 amide bonds. The van der Waals surface area contributed by atoms with Gasteiger partial charge in [0.05, 0.1) is 0 Å². The maximum Gasteiger partial charge on any atom is 0.128 e. The van der Waals surface area contributed by atoms with Gasteiger partial charge in [0.2, 0.25) is 0 Å². The standard InChI is InChI=1S/C16H17BrClN3/c17-14-4-5-15(13(11-14)12-18)20-7-9-21(10-8-20)16-3-1-2-6-19-16/h1-6,11H,7-10,12H2. The van der Waals surface area contributed by atoms with E-state index < -0.39 is 0 Å². The van der Waals surface area contributed by atoms with Crippen LogP contribution in [0.1, 0.15) is 5.56 Å². The highest BCUT2D eigenvalue weighted by Gasteiger charge is 2.19. The summed E-state index contributed by atoms with van der Waals surface area (Å²) in [5, 5.41) is 0. The van der Waals surface area contributed by atoms with E-state index in [0.29, 0.717) is 5.88 Å². The Bertz CT molecular complexity index is 598. The molecule has 5 heteroatoms. The largest absolute Gasteiger partial charge is 0.368 e. The second kappa shape index (κ2) is 6.67. The van der Waals surface area contributed by atoms with Crippen molar-refractivity contribution in [2.24, 2.45) is 0 Å². The maximum absolute atomic E-state index is 6.08. The van der Waals surface area contributed by atoms with Crippen molar-refractivity contribution in [1.29, 1.82) is 0 Å². The topological polar surface area (TPSA) is 19.4 Å². The molecular formula is C16H17BrClN3. The van der Waals surface area contributed by atoms with Crippen LogP contribution in [-0.2, 0) is 5.88 Å². The van der Waals surface area contributed by atoms with Crippen LogP contribution < -0.4 is 9.80 Å². The molecule has 0 spiro atoms. The zero-order valence-electron chi connectivity index (χ0n) is 11.7. The van der Waals surface area contributed by atoms with Gasteiger partial charge in [-0.05, 0) is 35.9 Å². The molecule has 1 saturated heterocycles. The third-order valence-corrected chi connectivity index (χ3v) is 4.56. The summed E-state index contributed by atoms with van der Waals surface area (Å²) in [6, 6.07) is 12.4. The molecule has 2 heterocycles. The molecule has 0 bridgehead atoms.